The largest absolute Gasteiger partial charge is 0.494 e. The smallest absolute Gasteiger partial charge is 0.119 e. The molecule has 2 N–H and O–H groups in total. The summed E-state index contributed by atoms with van der Waals surface area (Å²) in [7, 11) is 8.91. The van der Waals surface area contributed by atoms with Crippen LogP contribution in [0.2, 0.25) is 0 Å². The van der Waals surface area contributed by atoms with Gasteiger partial charge in [-0.3, -0.25) is 0 Å². The summed E-state index contributed by atoms with van der Waals surface area (Å²) >= 11 is 0. The van der Waals surface area contributed by atoms with E-state index in [1.165, 1.54) is 70.8 Å². The zero-order chi connectivity index (χ0) is 43.2. The van der Waals surface area contributed by atoms with Crippen LogP contribution in [0, 0.1) is 0 Å². The SMILES string of the molecule is CCCCCCCCCCCCOc1ccc(-c2c3nc(cc4ccc([nH]4)c(-c4ccc(OCCC[N+](C)(C)CCCN(C)C)cc4)c4nc(cc5ccc2[nH]5)C=C4)C=C3)cc1. The number of benzene rings is 2. The Bertz CT molecular complexity index is 2420. The van der Waals surface area contributed by atoms with Crippen molar-refractivity contribution in [3.63, 3.8) is 0 Å². The maximum atomic E-state index is 6.23. The molecule has 0 fully saturated rings. The first-order valence-corrected chi connectivity index (χ1v) is 23.3. The van der Waals surface area contributed by atoms with Gasteiger partial charge in [-0.05, 0) is 117 Å². The van der Waals surface area contributed by atoms with Crippen LogP contribution in [0.4, 0.5) is 0 Å². The van der Waals surface area contributed by atoms with Crippen LogP contribution in [0.25, 0.3) is 68.6 Å². The monoisotopic (exact) mass is 834 g/mol. The fraction of sp³-hybridized carbons (Fsp3) is 0.407. The quantitative estimate of drug-likeness (QED) is 0.0496. The number of fused-ring (bicyclic) bond motifs is 8. The Morgan fingerprint density at radius 3 is 1.45 bits per heavy atom. The Morgan fingerprint density at radius 2 is 0.968 bits per heavy atom. The topological polar surface area (TPSA) is 79.1 Å². The zero-order valence-corrected chi connectivity index (χ0v) is 38.0. The van der Waals surface area contributed by atoms with E-state index in [0.717, 1.165) is 116 Å². The van der Waals surface area contributed by atoms with Crippen LogP contribution in [0.5, 0.6) is 11.5 Å². The predicted molar refractivity (Wildman–Crippen MR) is 262 cm³/mol. The molecule has 2 aliphatic heterocycles. The van der Waals surface area contributed by atoms with Crippen molar-refractivity contribution in [3.8, 4) is 33.8 Å². The summed E-state index contributed by atoms with van der Waals surface area (Å²) in [6, 6.07) is 29.6. The highest BCUT2D eigenvalue weighted by Gasteiger charge is 2.16. The van der Waals surface area contributed by atoms with Gasteiger partial charge in [0.25, 0.3) is 0 Å². The highest BCUT2D eigenvalue weighted by atomic mass is 16.5. The lowest BCUT2D eigenvalue weighted by Crippen LogP contribution is -2.42. The molecule has 3 aromatic heterocycles. The number of aromatic nitrogens is 4. The number of quaternary nitrogens is 1. The summed E-state index contributed by atoms with van der Waals surface area (Å²) < 4.78 is 13.4. The van der Waals surface area contributed by atoms with Gasteiger partial charge in [-0.1, -0.05) is 89.0 Å². The number of H-pyrrole nitrogens is 2. The molecule has 8 heteroatoms. The summed E-state index contributed by atoms with van der Waals surface area (Å²) in [6.45, 7) is 7.10. The van der Waals surface area contributed by atoms with Gasteiger partial charge in [0.1, 0.15) is 11.5 Å². The maximum Gasteiger partial charge on any atom is 0.119 e. The lowest BCUT2D eigenvalue weighted by Gasteiger charge is -2.30. The van der Waals surface area contributed by atoms with Gasteiger partial charge in [-0.25, -0.2) is 9.97 Å². The molecule has 8 nitrogen and oxygen atoms in total. The summed E-state index contributed by atoms with van der Waals surface area (Å²) in [5, 5.41) is 0. The molecule has 0 saturated heterocycles. The molecule has 0 saturated carbocycles. The fourth-order valence-electron chi connectivity index (χ4n) is 8.50. The van der Waals surface area contributed by atoms with Crippen molar-refractivity contribution >= 4 is 46.4 Å². The third kappa shape index (κ3) is 12.8. The second-order valence-electron chi connectivity index (χ2n) is 18.0. The van der Waals surface area contributed by atoms with Crippen LogP contribution >= 0.6 is 0 Å². The molecule has 2 aromatic carbocycles. The molecule has 0 spiro atoms. The molecule has 5 aromatic rings. The van der Waals surface area contributed by atoms with Crippen molar-refractivity contribution in [2.45, 2.75) is 84.0 Å². The average molecular weight is 834 g/mol. The van der Waals surface area contributed by atoms with Crippen molar-refractivity contribution in [1.29, 1.82) is 0 Å². The second-order valence-corrected chi connectivity index (χ2v) is 18.0. The first kappa shape index (κ1) is 44.6. The molecular weight excluding hydrogens is 765 g/mol. The Hall–Kier alpha value is -5.44. The average Bonchev–Trinajstić information content (AvgIpc) is 4.10. The summed E-state index contributed by atoms with van der Waals surface area (Å²) in [4.78, 5) is 19.9. The number of rotatable bonds is 23. The molecule has 7 rings (SSSR count). The summed E-state index contributed by atoms with van der Waals surface area (Å²) in [6.07, 6.45) is 23.8. The summed E-state index contributed by atoms with van der Waals surface area (Å²) in [5.74, 6) is 1.78. The van der Waals surface area contributed by atoms with Gasteiger partial charge in [0.05, 0.1) is 63.2 Å². The van der Waals surface area contributed by atoms with Gasteiger partial charge >= 0.3 is 0 Å². The third-order valence-electron chi connectivity index (χ3n) is 12.0. The Kier molecular flexibility index (Phi) is 15.9. The number of hydrogen-bond acceptors (Lipinski definition) is 5. The van der Waals surface area contributed by atoms with E-state index < -0.39 is 0 Å². The zero-order valence-electron chi connectivity index (χ0n) is 38.0. The summed E-state index contributed by atoms with van der Waals surface area (Å²) in [5.41, 5.74) is 11.8. The molecular formula is C54H69N6O2+. The van der Waals surface area contributed by atoms with Crippen LogP contribution < -0.4 is 9.47 Å². The molecule has 2 aliphatic rings. The van der Waals surface area contributed by atoms with Gasteiger partial charge in [0, 0.05) is 52.6 Å². The van der Waals surface area contributed by atoms with E-state index in [4.69, 9.17) is 19.4 Å². The predicted octanol–water partition coefficient (Wildman–Crippen LogP) is 13.1. The minimum atomic E-state index is 0.697. The second kappa shape index (κ2) is 22.1. The van der Waals surface area contributed by atoms with Gasteiger partial charge in [-0.15, -0.1) is 0 Å². The van der Waals surface area contributed by atoms with Crippen molar-refractivity contribution in [2.24, 2.45) is 0 Å². The Labute approximate surface area is 370 Å². The van der Waals surface area contributed by atoms with Crippen LogP contribution in [0.1, 0.15) is 107 Å². The Morgan fingerprint density at radius 1 is 0.516 bits per heavy atom. The molecule has 5 heterocycles. The highest BCUT2D eigenvalue weighted by molar-refractivity contribution is 5.93. The van der Waals surface area contributed by atoms with Gasteiger partial charge in [0.2, 0.25) is 0 Å². The number of nitrogens with zero attached hydrogens (tertiary/aromatic N) is 4. The van der Waals surface area contributed by atoms with E-state index in [1.54, 1.807) is 0 Å². The van der Waals surface area contributed by atoms with Crippen molar-refractivity contribution < 1.29 is 14.0 Å². The maximum absolute atomic E-state index is 6.23. The fourth-order valence-corrected chi connectivity index (χ4v) is 8.50. The first-order valence-electron chi connectivity index (χ1n) is 23.3. The van der Waals surface area contributed by atoms with Crippen molar-refractivity contribution in [1.82, 2.24) is 24.8 Å². The molecule has 8 bridgehead atoms. The van der Waals surface area contributed by atoms with E-state index in [9.17, 15) is 0 Å². The van der Waals surface area contributed by atoms with Crippen LogP contribution in [-0.4, -0.2) is 90.4 Å². The van der Waals surface area contributed by atoms with E-state index in [-0.39, 0.29) is 0 Å². The van der Waals surface area contributed by atoms with Gasteiger partial charge < -0.3 is 28.8 Å². The molecule has 0 unspecified atom stereocenters. The van der Waals surface area contributed by atoms with Gasteiger partial charge in [0.15, 0.2) is 0 Å². The standard InChI is InChI=1S/C54H69N6O2/c1-6-7-8-9-10-11-12-13-14-15-37-61-47-26-18-41(19-27-47)53-49-30-22-43(55-49)39-45-24-32-51(57-45)54(52-33-25-46(58-52)40-44-23-31-50(53)56-44)42-20-28-48(29-21-42)62-38-17-36-60(4,5)35-16-34-59(2)3/h18-33,39-40,55,58H,6-17,34-38H2,1-5H3/q+1. The molecule has 62 heavy (non-hydrogen) atoms. The number of ether oxygens (including phenoxy) is 2. The van der Waals surface area contributed by atoms with Crippen molar-refractivity contribution in [3.05, 3.63) is 108 Å². The normalized spacial score (nSPS) is 12.4. The molecule has 0 amide bonds. The lowest BCUT2D eigenvalue weighted by atomic mass is 10.0. The molecule has 326 valence electrons. The van der Waals surface area contributed by atoms with Gasteiger partial charge in [-0.2, -0.15) is 0 Å². The number of aromatic amines is 2. The van der Waals surface area contributed by atoms with Crippen LogP contribution in [-0.2, 0) is 0 Å². The molecule has 0 radical (unpaired) electrons. The van der Waals surface area contributed by atoms with E-state index >= 15 is 0 Å². The number of nitrogens with one attached hydrogen (secondary N) is 2. The van der Waals surface area contributed by atoms with Crippen LogP contribution in [0.15, 0.2) is 84.9 Å². The minimum absolute atomic E-state index is 0.697. The highest BCUT2D eigenvalue weighted by Crippen LogP contribution is 2.34. The van der Waals surface area contributed by atoms with E-state index in [0.29, 0.717) is 6.61 Å². The van der Waals surface area contributed by atoms with Crippen molar-refractivity contribution in [2.75, 3.05) is 61.0 Å². The minimum Gasteiger partial charge on any atom is -0.494 e. The molecule has 0 atom stereocenters. The van der Waals surface area contributed by atoms with E-state index in [2.05, 4.69) is 159 Å². The number of hydrogen-bond donors (Lipinski definition) is 2. The third-order valence-corrected chi connectivity index (χ3v) is 12.0. The lowest BCUT2D eigenvalue weighted by molar-refractivity contribution is -0.890. The number of unbranched alkanes of at least 4 members (excludes halogenated alkanes) is 9. The Balaban J connectivity index is 1.07. The van der Waals surface area contributed by atoms with E-state index in [1.807, 2.05) is 0 Å². The molecule has 0 aliphatic carbocycles. The first-order chi connectivity index (χ1) is 30.2. The van der Waals surface area contributed by atoms with Crippen LogP contribution in [0.3, 0.4) is 0 Å².